The quantitative estimate of drug-likeness (QED) is 0.416. The lowest BCUT2D eigenvalue weighted by Gasteiger charge is -2.30. The summed E-state index contributed by atoms with van der Waals surface area (Å²) < 4.78 is 25.3. The van der Waals surface area contributed by atoms with E-state index in [1.807, 2.05) is 30.6 Å². The number of aryl methyl sites for hydroxylation is 1. The van der Waals surface area contributed by atoms with Crippen LogP contribution in [0.15, 0.2) is 54.9 Å². The van der Waals surface area contributed by atoms with Crippen LogP contribution in [-0.4, -0.2) is 71.8 Å². The molecule has 1 saturated heterocycles. The van der Waals surface area contributed by atoms with Crippen molar-refractivity contribution >= 4 is 11.6 Å². The molecule has 1 atom stereocenters. The Morgan fingerprint density at radius 2 is 1.97 bits per heavy atom. The molecule has 2 aromatic carbocycles. The van der Waals surface area contributed by atoms with Crippen molar-refractivity contribution in [3.63, 3.8) is 0 Å². The van der Waals surface area contributed by atoms with E-state index in [4.69, 9.17) is 30.5 Å². The van der Waals surface area contributed by atoms with Crippen LogP contribution in [0.25, 0.3) is 0 Å². The molecule has 1 unspecified atom stereocenters. The Kier molecular flexibility index (Phi) is 9.09. The highest BCUT2D eigenvalue weighted by molar-refractivity contribution is 6.30. The lowest BCUT2D eigenvalue weighted by molar-refractivity contribution is -0.0646. The van der Waals surface area contributed by atoms with E-state index in [1.54, 1.807) is 31.4 Å². The van der Waals surface area contributed by atoms with E-state index in [0.29, 0.717) is 61.7 Å². The van der Waals surface area contributed by atoms with Crippen LogP contribution in [0.4, 0.5) is 0 Å². The Hall–Kier alpha value is -2.78. The topological polar surface area (TPSA) is 78.2 Å². The summed E-state index contributed by atoms with van der Waals surface area (Å²) in [6, 6.07) is 13.0. The Morgan fingerprint density at radius 1 is 1.14 bits per heavy atom. The molecule has 0 radical (unpaired) electrons. The summed E-state index contributed by atoms with van der Waals surface area (Å²) in [6.07, 6.45) is 4.66. The number of hydrogen-bond acceptors (Lipinski definition) is 7. The highest BCUT2D eigenvalue weighted by atomic mass is 35.5. The van der Waals surface area contributed by atoms with Gasteiger partial charge in [0.1, 0.15) is 30.4 Å². The highest BCUT2D eigenvalue weighted by Gasteiger charge is 2.33. The van der Waals surface area contributed by atoms with Gasteiger partial charge in [0.2, 0.25) is 0 Å². The molecule has 1 aromatic heterocycles. The van der Waals surface area contributed by atoms with E-state index in [1.165, 1.54) is 0 Å². The van der Waals surface area contributed by atoms with Crippen molar-refractivity contribution in [1.29, 1.82) is 0 Å². The van der Waals surface area contributed by atoms with Crippen molar-refractivity contribution in [2.45, 2.75) is 32.0 Å². The SMILES string of the molecule is CCc1nccn1CCOc1cc(CN2CCOCC(O)(COc3ccc(Cl)cc3)C2)ccc1OC. The number of methoxy groups -OCH3 is 1. The van der Waals surface area contributed by atoms with Gasteiger partial charge in [0, 0.05) is 43.5 Å². The van der Waals surface area contributed by atoms with Gasteiger partial charge in [-0.05, 0) is 42.0 Å². The number of aliphatic hydroxyl groups is 1. The van der Waals surface area contributed by atoms with Gasteiger partial charge in [0.05, 0.1) is 26.9 Å². The maximum Gasteiger partial charge on any atom is 0.161 e. The maximum atomic E-state index is 11.2. The first-order chi connectivity index (χ1) is 17.5. The third kappa shape index (κ3) is 7.13. The molecule has 1 aliphatic rings. The molecule has 3 aromatic rings. The van der Waals surface area contributed by atoms with Crippen molar-refractivity contribution in [1.82, 2.24) is 14.5 Å². The number of halogens is 1. The Labute approximate surface area is 217 Å². The fourth-order valence-corrected chi connectivity index (χ4v) is 4.40. The van der Waals surface area contributed by atoms with Crippen molar-refractivity contribution < 1.29 is 24.1 Å². The maximum absolute atomic E-state index is 11.2. The summed E-state index contributed by atoms with van der Waals surface area (Å²) in [5.74, 6) is 3.07. The molecule has 0 saturated carbocycles. The zero-order chi connectivity index (χ0) is 25.4. The fourth-order valence-electron chi connectivity index (χ4n) is 4.27. The van der Waals surface area contributed by atoms with E-state index in [-0.39, 0.29) is 13.2 Å². The third-order valence-electron chi connectivity index (χ3n) is 6.10. The lowest BCUT2D eigenvalue weighted by atomic mass is 10.1. The molecule has 0 spiro atoms. The average molecular weight is 516 g/mol. The number of imidazole rings is 1. The monoisotopic (exact) mass is 515 g/mol. The summed E-state index contributed by atoms with van der Waals surface area (Å²) in [4.78, 5) is 6.53. The van der Waals surface area contributed by atoms with E-state index in [0.717, 1.165) is 17.8 Å². The van der Waals surface area contributed by atoms with E-state index in [9.17, 15) is 5.11 Å². The molecule has 0 amide bonds. The normalized spacial score (nSPS) is 18.6. The first-order valence-electron chi connectivity index (χ1n) is 12.2. The molecule has 1 N–H and O–H groups in total. The molecule has 1 fully saturated rings. The number of β-amino-alcohol motifs (C(OH)–C–C–N with tert-alkyl or cyclic N) is 1. The molecule has 9 heteroatoms. The van der Waals surface area contributed by atoms with Crippen LogP contribution in [0.1, 0.15) is 18.3 Å². The van der Waals surface area contributed by atoms with Crippen molar-refractivity contribution in [3.05, 3.63) is 71.3 Å². The van der Waals surface area contributed by atoms with Crippen molar-refractivity contribution in [2.75, 3.05) is 46.6 Å². The van der Waals surface area contributed by atoms with Crippen LogP contribution in [-0.2, 0) is 24.2 Å². The molecular weight excluding hydrogens is 482 g/mol. The third-order valence-corrected chi connectivity index (χ3v) is 6.36. The second-order valence-electron chi connectivity index (χ2n) is 8.95. The summed E-state index contributed by atoms with van der Waals surface area (Å²) in [5.41, 5.74) is -0.0745. The minimum Gasteiger partial charge on any atom is -0.493 e. The number of nitrogens with zero attached hydrogens (tertiary/aromatic N) is 3. The van der Waals surface area contributed by atoms with Crippen LogP contribution < -0.4 is 14.2 Å². The van der Waals surface area contributed by atoms with Crippen LogP contribution in [0, 0.1) is 0 Å². The summed E-state index contributed by atoms with van der Waals surface area (Å²) in [6.45, 7) is 5.92. The minimum atomic E-state index is -1.14. The standard InChI is InChI=1S/C27H34ClN3O5/c1-3-26-29-10-11-31(26)13-15-35-25-16-21(4-9-24(25)33-2)17-30-12-14-34-19-27(32,18-30)20-36-23-7-5-22(28)6-8-23/h4-11,16,32H,3,12-15,17-20H2,1-2H3. The molecular formula is C27H34ClN3O5. The number of rotatable bonds is 11. The van der Waals surface area contributed by atoms with Gasteiger partial charge in [0.25, 0.3) is 0 Å². The Morgan fingerprint density at radius 3 is 2.75 bits per heavy atom. The second-order valence-corrected chi connectivity index (χ2v) is 9.39. The van der Waals surface area contributed by atoms with Gasteiger partial charge in [0.15, 0.2) is 11.5 Å². The molecule has 1 aliphatic heterocycles. The fraction of sp³-hybridized carbons (Fsp3) is 0.444. The average Bonchev–Trinajstić information content (AvgIpc) is 3.25. The van der Waals surface area contributed by atoms with E-state index in [2.05, 4.69) is 21.4 Å². The zero-order valence-corrected chi connectivity index (χ0v) is 21.6. The molecule has 36 heavy (non-hydrogen) atoms. The van der Waals surface area contributed by atoms with E-state index >= 15 is 0 Å². The molecule has 8 nitrogen and oxygen atoms in total. The lowest BCUT2D eigenvalue weighted by Crippen LogP contribution is -2.48. The smallest absolute Gasteiger partial charge is 0.161 e. The molecule has 2 heterocycles. The largest absolute Gasteiger partial charge is 0.493 e. The molecule has 0 aliphatic carbocycles. The summed E-state index contributed by atoms with van der Waals surface area (Å²) >= 11 is 5.95. The van der Waals surface area contributed by atoms with Crippen LogP contribution in [0.2, 0.25) is 5.02 Å². The van der Waals surface area contributed by atoms with E-state index < -0.39 is 5.60 Å². The van der Waals surface area contributed by atoms with Gasteiger partial charge in [-0.2, -0.15) is 0 Å². The van der Waals surface area contributed by atoms with Crippen LogP contribution in [0.5, 0.6) is 17.2 Å². The predicted molar refractivity (Wildman–Crippen MR) is 138 cm³/mol. The van der Waals surface area contributed by atoms with Crippen molar-refractivity contribution in [3.8, 4) is 17.2 Å². The zero-order valence-electron chi connectivity index (χ0n) is 20.9. The number of ether oxygens (including phenoxy) is 4. The first kappa shape index (κ1) is 26.3. The molecule has 4 rings (SSSR count). The Balaban J connectivity index is 1.37. The summed E-state index contributed by atoms with van der Waals surface area (Å²) in [7, 11) is 1.64. The molecule has 194 valence electrons. The van der Waals surface area contributed by atoms with Crippen LogP contribution in [0.3, 0.4) is 0 Å². The van der Waals surface area contributed by atoms with Crippen molar-refractivity contribution in [2.24, 2.45) is 0 Å². The van der Waals surface area contributed by atoms with Gasteiger partial charge in [-0.3, -0.25) is 4.90 Å². The highest BCUT2D eigenvalue weighted by Crippen LogP contribution is 2.29. The second kappa shape index (κ2) is 12.5. The van der Waals surface area contributed by atoms with Crippen LogP contribution >= 0.6 is 11.6 Å². The van der Waals surface area contributed by atoms with Gasteiger partial charge >= 0.3 is 0 Å². The van der Waals surface area contributed by atoms with Gasteiger partial charge in [-0.25, -0.2) is 4.98 Å². The number of hydrogen-bond donors (Lipinski definition) is 1. The number of aromatic nitrogens is 2. The number of benzene rings is 2. The summed E-state index contributed by atoms with van der Waals surface area (Å²) in [5, 5.41) is 11.9. The predicted octanol–water partition coefficient (Wildman–Crippen LogP) is 3.83. The minimum absolute atomic E-state index is 0.121. The van der Waals surface area contributed by atoms with Gasteiger partial charge in [-0.1, -0.05) is 24.6 Å². The first-order valence-corrected chi connectivity index (χ1v) is 12.6. The Bertz CT molecular complexity index is 1110. The van der Waals surface area contributed by atoms with Gasteiger partial charge < -0.3 is 28.6 Å². The molecule has 0 bridgehead atoms. The van der Waals surface area contributed by atoms with Gasteiger partial charge in [-0.15, -0.1) is 0 Å².